The summed E-state index contributed by atoms with van der Waals surface area (Å²) in [4.78, 5) is 40.0. The van der Waals surface area contributed by atoms with Crippen LogP contribution in [0.2, 0.25) is 0 Å². The van der Waals surface area contributed by atoms with Crippen molar-refractivity contribution in [3.8, 4) is 11.1 Å². The number of hydrogen-bond acceptors (Lipinski definition) is 4. The summed E-state index contributed by atoms with van der Waals surface area (Å²) < 4.78 is 5.75. The summed E-state index contributed by atoms with van der Waals surface area (Å²) in [6.07, 6.45) is -0.937. The van der Waals surface area contributed by atoms with Gasteiger partial charge in [-0.15, -0.1) is 0 Å². The lowest BCUT2D eigenvalue weighted by molar-refractivity contribution is -0.139. The van der Waals surface area contributed by atoms with E-state index in [0.717, 1.165) is 33.4 Å². The lowest BCUT2D eigenvalue weighted by atomic mass is 9.98. The molecule has 41 heavy (non-hydrogen) atoms. The third-order valence-electron chi connectivity index (χ3n) is 7.39. The van der Waals surface area contributed by atoms with E-state index in [1.54, 1.807) is 12.1 Å². The first kappa shape index (κ1) is 27.6. The third-order valence-corrected chi connectivity index (χ3v) is 7.39. The minimum atomic E-state index is -1.05. The molecule has 0 aliphatic heterocycles. The average molecular weight is 549 g/mol. The minimum Gasteiger partial charge on any atom is -0.481 e. The second kappa shape index (κ2) is 12.5. The van der Waals surface area contributed by atoms with Crippen LogP contribution in [0.15, 0.2) is 103 Å². The van der Waals surface area contributed by atoms with E-state index in [1.165, 1.54) is 4.90 Å². The number of alkyl carbamates (subject to hydrolysis) is 1. The highest BCUT2D eigenvalue weighted by Crippen LogP contribution is 2.44. The Hall–Kier alpha value is -4.91. The molecule has 7 nitrogen and oxygen atoms in total. The zero-order chi connectivity index (χ0) is 28.8. The second-order valence-electron chi connectivity index (χ2n) is 10.2. The van der Waals surface area contributed by atoms with Crippen LogP contribution in [0, 0.1) is 6.92 Å². The molecule has 0 fully saturated rings. The van der Waals surface area contributed by atoms with E-state index in [4.69, 9.17) is 4.74 Å². The zero-order valence-electron chi connectivity index (χ0n) is 22.8. The van der Waals surface area contributed by atoms with Crippen LogP contribution in [0.4, 0.5) is 4.79 Å². The summed E-state index contributed by atoms with van der Waals surface area (Å²) in [5.74, 6) is -1.54. The van der Waals surface area contributed by atoms with E-state index in [2.05, 4.69) is 17.4 Å². The standard InChI is InChI=1S/C34H32N2O5/c1-23-15-17-25(18-16-23)32(33(39)36(20-19-31(37)38)21-24-9-3-2-4-10-24)35-34(40)41-22-30-28-13-7-5-11-26(28)27-12-6-8-14-29(27)30/h2-18,30,32H,19-22H2,1H3,(H,35,40)(H,37,38). The SMILES string of the molecule is Cc1ccc(C(NC(=O)OCC2c3ccccc3-c3ccccc32)C(=O)N(CCC(=O)O)Cc2ccccc2)cc1. The van der Waals surface area contributed by atoms with Gasteiger partial charge < -0.3 is 20.1 Å². The Balaban J connectivity index is 1.36. The van der Waals surface area contributed by atoms with Gasteiger partial charge in [-0.3, -0.25) is 9.59 Å². The Labute approximate surface area is 239 Å². The molecule has 4 aromatic rings. The van der Waals surface area contributed by atoms with E-state index >= 15 is 0 Å². The van der Waals surface area contributed by atoms with Gasteiger partial charge in [-0.2, -0.15) is 0 Å². The van der Waals surface area contributed by atoms with Crippen molar-refractivity contribution in [2.45, 2.75) is 31.8 Å². The fourth-order valence-corrected chi connectivity index (χ4v) is 5.29. The summed E-state index contributed by atoms with van der Waals surface area (Å²) in [6, 6.07) is 31.8. The predicted molar refractivity (Wildman–Crippen MR) is 156 cm³/mol. The molecule has 7 heteroatoms. The lowest BCUT2D eigenvalue weighted by Crippen LogP contribution is -2.43. The van der Waals surface area contributed by atoms with Crippen molar-refractivity contribution in [3.63, 3.8) is 0 Å². The third kappa shape index (κ3) is 6.47. The van der Waals surface area contributed by atoms with E-state index in [0.29, 0.717) is 5.56 Å². The van der Waals surface area contributed by atoms with Gasteiger partial charge in [0.25, 0.3) is 0 Å². The summed E-state index contributed by atoms with van der Waals surface area (Å²) >= 11 is 0. The topological polar surface area (TPSA) is 95.9 Å². The first-order valence-electron chi connectivity index (χ1n) is 13.6. The van der Waals surface area contributed by atoms with Crippen LogP contribution >= 0.6 is 0 Å². The van der Waals surface area contributed by atoms with Crippen molar-refractivity contribution in [2.75, 3.05) is 13.2 Å². The van der Waals surface area contributed by atoms with Crippen LogP contribution in [0.25, 0.3) is 11.1 Å². The highest BCUT2D eigenvalue weighted by molar-refractivity contribution is 5.87. The van der Waals surface area contributed by atoms with Gasteiger partial charge in [0.05, 0.1) is 6.42 Å². The van der Waals surface area contributed by atoms with E-state index in [-0.39, 0.29) is 32.0 Å². The molecule has 0 radical (unpaired) electrons. The number of carboxylic acids is 1. The Morgan fingerprint density at radius 2 is 1.41 bits per heavy atom. The van der Waals surface area contributed by atoms with Gasteiger partial charge in [0.1, 0.15) is 12.6 Å². The van der Waals surface area contributed by atoms with Gasteiger partial charge in [0.15, 0.2) is 0 Å². The number of aryl methyl sites for hydroxylation is 1. The molecule has 4 aromatic carbocycles. The van der Waals surface area contributed by atoms with Gasteiger partial charge >= 0.3 is 12.1 Å². The Morgan fingerprint density at radius 3 is 2.02 bits per heavy atom. The van der Waals surface area contributed by atoms with E-state index in [1.807, 2.05) is 85.8 Å². The fraction of sp³-hybridized carbons (Fsp3) is 0.206. The number of hydrogen-bond donors (Lipinski definition) is 2. The monoisotopic (exact) mass is 548 g/mol. The number of amides is 2. The van der Waals surface area contributed by atoms with Gasteiger partial charge in [-0.1, -0.05) is 109 Å². The number of ether oxygens (including phenoxy) is 1. The first-order chi connectivity index (χ1) is 19.9. The van der Waals surface area contributed by atoms with Gasteiger partial charge in [0.2, 0.25) is 5.91 Å². The molecule has 2 N–H and O–H groups in total. The predicted octanol–water partition coefficient (Wildman–Crippen LogP) is 6.08. The molecule has 0 saturated heterocycles. The Kier molecular flexibility index (Phi) is 8.44. The maximum absolute atomic E-state index is 13.9. The van der Waals surface area contributed by atoms with Gasteiger partial charge in [-0.25, -0.2) is 4.79 Å². The number of rotatable bonds is 10. The summed E-state index contributed by atoms with van der Waals surface area (Å²) in [5.41, 5.74) is 6.89. The number of nitrogens with zero attached hydrogens (tertiary/aromatic N) is 1. The van der Waals surface area contributed by atoms with Gasteiger partial charge in [0, 0.05) is 19.0 Å². The molecule has 0 heterocycles. The Bertz CT molecular complexity index is 1490. The van der Waals surface area contributed by atoms with Crippen molar-refractivity contribution in [1.29, 1.82) is 0 Å². The molecule has 1 aliphatic rings. The maximum atomic E-state index is 13.9. The molecule has 208 valence electrons. The number of aliphatic carboxylic acids is 1. The quantitative estimate of drug-likeness (QED) is 0.251. The normalized spacial score (nSPS) is 12.6. The summed E-state index contributed by atoms with van der Waals surface area (Å²) in [5, 5.41) is 12.1. The average Bonchev–Trinajstić information content (AvgIpc) is 3.31. The minimum absolute atomic E-state index is 0.00219. The Morgan fingerprint density at radius 1 is 0.829 bits per heavy atom. The molecule has 0 spiro atoms. The molecule has 1 unspecified atom stereocenters. The zero-order valence-corrected chi connectivity index (χ0v) is 22.8. The van der Waals surface area contributed by atoms with E-state index in [9.17, 15) is 19.5 Å². The highest BCUT2D eigenvalue weighted by Gasteiger charge is 2.31. The van der Waals surface area contributed by atoms with Crippen molar-refractivity contribution in [2.24, 2.45) is 0 Å². The second-order valence-corrected chi connectivity index (χ2v) is 10.2. The number of benzene rings is 4. The van der Waals surface area contributed by atoms with Crippen LogP contribution < -0.4 is 5.32 Å². The highest BCUT2D eigenvalue weighted by atomic mass is 16.5. The molecule has 0 bridgehead atoms. The van der Waals surface area contributed by atoms with Crippen molar-refractivity contribution < 1.29 is 24.2 Å². The summed E-state index contributed by atoms with van der Waals surface area (Å²) in [6.45, 7) is 2.26. The number of nitrogens with one attached hydrogen (secondary N) is 1. The fourth-order valence-electron chi connectivity index (χ4n) is 5.29. The number of fused-ring (bicyclic) bond motifs is 3. The number of carbonyl (C=O) groups excluding carboxylic acids is 2. The van der Waals surface area contributed by atoms with Crippen LogP contribution in [0.5, 0.6) is 0 Å². The van der Waals surface area contributed by atoms with Crippen molar-refractivity contribution >= 4 is 18.0 Å². The molecule has 5 rings (SSSR count). The summed E-state index contributed by atoms with van der Waals surface area (Å²) in [7, 11) is 0. The van der Waals surface area contributed by atoms with Crippen LogP contribution in [0.1, 0.15) is 46.2 Å². The molecule has 1 atom stereocenters. The lowest BCUT2D eigenvalue weighted by Gasteiger charge is -2.28. The van der Waals surface area contributed by atoms with Gasteiger partial charge in [-0.05, 0) is 40.3 Å². The van der Waals surface area contributed by atoms with Crippen LogP contribution in [0.3, 0.4) is 0 Å². The maximum Gasteiger partial charge on any atom is 0.408 e. The smallest absolute Gasteiger partial charge is 0.408 e. The first-order valence-corrected chi connectivity index (χ1v) is 13.6. The number of carboxylic acid groups (broad SMARTS) is 1. The van der Waals surface area contributed by atoms with Crippen molar-refractivity contribution in [3.05, 3.63) is 131 Å². The number of carbonyl (C=O) groups is 3. The van der Waals surface area contributed by atoms with Crippen molar-refractivity contribution in [1.82, 2.24) is 10.2 Å². The molecule has 0 saturated carbocycles. The molecule has 2 amide bonds. The molecule has 1 aliphatic carbocycles. The molecule has 0 aromatic heterocycles. The largest absolute Gasteiger partial charge is 0.481 e. The molecular weight excluding hydrogens is 516 g/mol. The van der Waals surface area contributed by atoms with Crippen LogP contribution in [-0.4, -0.2) is 41.1 Å². The van der Waals surface area contributed by atoms with E-state index < -0.39 is 24.0 Å². The van der Waals surface area contributed by atoms with Crippen LogP contribution in [-0.2, 0) is 20.9 Å². The molecular formula is C34H32N2O5.